The van der Waals surface area contributed by atoms with E-state index in [0.717, 1.165) is 37.6 Å². The number of hydrogen-bond donors (Lipinski definition) is 0. The van der Waals surface area contributed by atoms with Crippen LogP contribution in [0.25, 0.3) is 0 Å². The van der Waals surface area contributed by atoms with E-state index >= 15 is 0 Å². The average Bonchev–Trinajstić information content (AvgIpc) is 2.40. The van der Waals surface area contributed by atoms with Crippen LogP contribution in [0.2, 0.25) is 0 Å². The lowest BCUT2D eigenvalue weighted by Gasteiger charge is -2.47. The van der Waals surface area contributed by atoms with Gasteiger partial charge in [-0.1, -0.05) is 19.3 Å². The number of thiocarbonyl (C=S) groups is 1. The molecule has 0 atom stereocenters. The molecule has 1 heterocycles. The molecule has 0 unspecified atom stereocenters. The second-order valence-corrected chi connectivity index (χ2v) is 5.52. The lowest BCUT2D eigenvalue weighted by Crippen LogP contribution is -2.60. The molecule has 0 amide bonds. The number of rotatable bonds is 3. The minimum absolute atomic E-state index is 0.787. The van der Waals surface area contributed by atoms with Crippen molar-refractivity contribution in [3.05, 3.63) is 0 Å². The molecular weight excluding hydrogens is 230 g/mol. The van der Waals surface area contributed by atoms with Crippen LogP contribution < -0.4 is 0 Å². The Balaban J connectivity index is 2.00. The summed E-state index contributed by atoms with van der Waals surface area (Å²) >= 11 is 5.53. The molecule has 0 aromatic heterocycles. The second-order valence-electron chi connectivity index (χ2n) is 5.16. The van der Waals surface area contributed by atoms with Crippen LogP contribution >= 0.6 is 12.2 Å². The highest BCUT2D eigenvalue weighted by molar-refractivity contribution is 7.80. The molecule has 1 saturated carbocycles. The normalized spacial score (nSPS) is 24.5. The first-order valence-electron chi connectivity index (χ1n) is 7.04. The van der Waals surface area contributed by atoms with Crippen LogP contribution in [0.1, 0.15) is 46.0 Å². The van der Waals surface area contributed by atoms with Gasteiger partial charge in [0.2, 0.25) is 0 Å². The molecule has 4 heteroatoms. The fourth-order valence-electron chi connectivity index (χ4n) is 2.95. The Labute approximate surface area is 111 Å². The Kier molecular flexibility index (Phi) is 4.62. The first-order valence-corrected chi connectivity index (χ1v) is 7.45. The first kappa shape index (κ1) is 13.1. The van der Waals surface area contributed by atoms with Crippen LogP contribution in [-0.4, -0.2) is 52.3 Å². The summed E-state index contributed by atoms with van der Waals surface area (Å²) in [5.41, 5.74) is 0. The Morgan fingerprint density at radius 1 is 1.00 bits per heavy atom. The molecule has 0 spiro atoms. The quantitative estimate of drug-likeness (QED) is 0.716. The third kappa shape index (κ3) is 2.91. The molecule has 1 aliphatic carbocycles. The SMILES string of the molecule is CCN1CN(C2CCCCC2)CN(CC)C1=S. The summed E-state index contributed by atoms with van der Waals surface area (Å²) in [5.74, 6) is 0. The zero-order valence-electron chi connectivity index (χ0n) is 11.2. The van der Waals surface area contributed by atoms with Gasteiger partial charge in [-0.05, 0) is 38.9 Å². The van der Waals surface area contributed by atoms with E-state index in [1.165, 1.54) is 32.1 Å². The Morgan fingerprint density at radius 3 is 2.00 bits per heavy atom. The van der Waals surface area contributed by atoms with Gasteiger partial charge < -0.3 is 9.80 Å². The Morgan fingerprint density at radius 2 is 1.53 bits per heavy atom. The number of nitrogens with zero attached hydrogens (tertiary/aromatic N) is 3. The van der Waals surface area contributed by atoms with Crippen molar-refractivity contribution in [1.82, 2.24) is 14.7 Å². The van der Waals surface area contributed by atoms with E-state index in [1.807, 2.05) is 0 Å². The summed E-state index contributed by atoms with van der Waals surface area (Å²) in [6.07, 6.45) is 7.00. The summed E-state index contributed by atoms with van der Waals surface area (Å²) < 4.78 is 0. The van der Waals surface area contributed by atoms with Crippen molar-refractivity contribution in [3.8, 4) is 0 Å². The van der Waals surface area contributed by atoms with Crippen molar-refractivity contribution in [2.75, 3.05) is 26.4 Å². The molecular formula is C13H25N3S. The van der Waals surface area contributed by atoms with E-state index in [1.54, 1.807) is 0 Å². The zero-order chi connectivity index (χ0) is 12.3. The molecule has 0 aromatic rings. The minimum atomic E-state index is 0.787. The third-order valence-corrected chi connectivity index (χ3v) is 4.62. The summed E-state index contributed by atoms with van der Waals surface area (Å²) in [5, 5.41) is 1.04. The number of hydrogen-bond acceptors (Lipinski definition) is 2. The van der Waals surface area contributed by atoms with E-state index in [9.17, 15) is 0 Å². The molecule has 1 saturated heterocycles. The molecule has 0 radical (unpaired) electrons. The Bertz CT molecular complexity index is 247. The fourth-order valence-corrected chi connectivity index (χ4v) is 3.33. The van der Waals surface area contributed by atoms with E-state index in [0.29, 0.717) is 0 Å². The van der Waals surface area contributed by atoms with Crippen LogP contribution in [0, 0.1) is 0 Å². The molecule has 17 heavy (non-hydrogen) atoms. The van der Waals surface area contributed by atoms with Gasteiger partial charge in [0.1, 0.15) is 0 Å². The van der Waals surface area contributed by atoms with Crippen LogP contribution in [0.5, 0.6) is 0 Å². The molecule has 2 rings (SSSR count). The summed E-state index contributed by atoms with van der Waals surface area (Å²) in [7, 11) is 0. The van der Waals surface area contributed by atoms with Gasteiger partial charge in [-0.3, -0.25) is 4.90 Å². The lowest BCUT2D eigenvalue weighted by molar-refractivity contribution is 0.0357. The van der Waals surface area contributed by atoms with Crippen LogP contribution in [0.3, 0.4) is 0 Å². The molecule has 2 fully saturated rings. The fraction of sp³-hybridized carbons (Fsp3) is 0.923. The van der Waals surface area contributed by atoms with Gasteiger partial charge in [0.25, 0.3) is 0 Å². The summed E-state index contributed by atoms with van der Waals surface area (Å²) in [4.78, 5) is 7.29. The van der Waals surface area contributed by atoms with Crippen LogP contribution in [0.4, 0.5) is 0 Å². The van der Waals surface area contributed by atoms with E-state index in [-0.39, 0.29) is 0 Å². The largest absolute Gasteiger partial charge is 0.336 e. The van der Waals surface area contributed by atoms with Gasteiger partial charge in [0.15, 0.2) is 5.11 Å². The van der Waals surface area contributed by atoms with Crippen molar-refractivity contribution in [2.24, 2.45) is 0 Å². The maximum atomic E-state index is 5.53. The van der Waals surface area contributed by atoms with E-state index in [4.69, 9.17) is 12.2 Å². The monoisotopic (exact) mass is 255 g/mol. The highest BCUT2D eigenvalue weighted by atomic mass is 32.1. The van der Waals surface area contributed by atoms with Gasteiger partial charge in [-0.25, -0.2) is 0 Å². The third-order valence-electron chi connectivity index (χ3n) is 4.10. The predicted molar refractivity (Wildman–Crippen MR) is 75.8 cm³/mol. The van der Waals surface area contributed by atoms with Crippen molar-refractivity contribution in [3.63, 3.8) is 0 Å². The molecule has 0 N–H and O–H groups in total. The van der Waals surface area contributed by atoms with Crippen molar-refractivity contribution in [1.29, 1.82) is 0 Å². The maximum absolute atomic E-state index is 5.53. The van der Waals surface area contributed by atoms with Crippen molar-refractivity contribution < 1.29 is 0 Å². The highest BCUT2D eigenvalue weighted by Gasteiger charge is 2.30. The molecule has 98 valence electrons. The van der Waals surface area contributed by atoms with Gasteiger partial charge in [-0.15, -0.1) is 0 Å². The molecule has 0 bridgehead atoms. The summed E-state index contributed by atoms with van der Waals surface area (Å²) in [6, 6.07) is 0.787. The molecule has 1 aliphatic heterocycles. The standard InChI is InChI=1S/C13H25N3S/c1-3-14-10-16(11-15(4-2)13(14)17)12-8-6-5-7-9-12/h12H,3-11H2,1-2H3. The van der Waals surface area contributed by atoms with Crippen LogP contribution in [-0.2, 0) is 0 Å². The second kappa shape index (κ2) is 6.01. The molecule has 3 nitrogen and oxygen atoms in total. The summed E-state index contributed by atoms with van der Waals surface area (Å²) in [6.45, 7) is 8.53. The smallest absolute Gasteiger partial charge is 0.173 e. The lowest BCUT2D eigenvalue weighted by atomic mass is 9.94. The molecule has 0 aromatic carbocycles. The predicted octanol–water partition coefficient (Wildman–Crippen LogP) is 2.48. The minimum Gasteiger partial charge on any atom is -0.336 e. The van der Waals surface area contributed by atoms with Gasteiger partial charge in [0, 0.05) is 19.1 Å². The maximum Gasteiger partial charge on any atom is 0.173 e. The topological polar surface area (TPSA) is 9.72 Å². The van der Waals surface area contributed by atoms with Crippen LogP contribution in [0.15, 0.2) is 0 Å². The highest BCUT2D eigenvalue weighted by Crippen LogP contribution is 2.25. The zero-order valence-corrected chi connectivity index (χ0v) is 12.0. The Hall–Kier alpha value is -0.350. The molecule has 2 aliphatic rings. The first-order chi connectivity index (χ1) is 8.26. The van der Waals surface area contributed by atoms with Crippen molar-refractivity contribution in [2.45, 2.75) is 52.0 Å². The van der Waals surface area contributed by atoms with Crippen molar-refractivity contribution >= 4 is 17.3 Å². The average molecular weight is 255 g/mol. The van der Waals surface area contributed by atoms with E-state index < -0.39 is 0 Å². The van der Waals surface area contributed by atoms with Gasteiger partial charge in [-0.2, -0.15) is 0 Å². The van der Waals surface area contributed by atoms with Gasteiger partial charge in [0.05, 0.1) is 13.3 Å². The van der Waals surface area contributed by atoms with Gasteiger partial charge >= 0.3 is 0 Å². The van der Waals surface area contributed by atoms with E-state index in [2.05, 4.69) is 28.5 Å².